The van der Waals surface area contributed by atoms with Crippen LogP contribution in [0, 0.1) is 10.1 Å². The molecule has 10 nitrogen and oxygen atoms in total. The maximum Gasteiger partial charge on any atom is 0.300 e. The van der Waals surface area contributed by atoms with Crippen LogP contribution in [0.25, 0.3) is 11.0 Å². The first-order valence-corrected chi connectivity index (χ1v) is 7.59. The number of non-ortho nitro benzene ring substituents is 1. The molecular weight excluding hydrogens is 318 g/mol. The Kier molecular flexibility index (Phi) is 6.15. The number of nitro groups is 1. The Morgan fingerprint density at radius 3 is 2.79 bits per heavy atom. The number of aromatic nitrogens is 2. The first-order chi connectivity index (χ1) is 11.5. The van der Waals surface area contributed by atoms with E-state index in [1.807, 2.05) is 0 Å². The summed E-state index contributed by atoms with van der Waals surface area (Å²) in [4.78, 5) is 21.8. The van der Waals surface area contributed by atoms with Crippen molar-refractivity contribution in [1.82, 2.24) is 10.3 Å². The lowest BCUT2D eigenvalue weighted by Crippen LogP contribution is -2.28. The summed E-state index contributed by atoms with van der Waals surface area (Å²) >= 11 is 0. The van der Waals surface area contributed by atoms with Gasteiger partial charge < -0.3 is 16.2 Å². The number of unbranched alkanes of at least 4 members (excludes halogenated alkanes) is 2. The summed E-state index contributed by atoms with van der Waals surface area (Å²) in [5.74, 6) is -0.240. The zero-order valence-electron chi connectivity index (χ0n) is 13.0. The van der Waals surface area contributed by atoms with E-state index in [4.69, 9.17) is 5.73 Å². The minimum atomic E-state index is -1.07. The summed E-state index contributed by atoms with van der Waals surface area (Å²) in [7, 11) is 0. The molecule has 130 valence electrons. The van der Waals surface area contributed by atoms with Crippen molar-refractivity contribution in [3.8, 4) is 0 Å². The fraction of sp³-hybridized carbons (Fsp3) is 0.500. The molecule has 1 unspecified atom stereocenters. The number of hydrogen-bond donors (Lipinski definition) is 3. The van der Waals surface area contributed by atoms with Crippen LogP contribution in [0.4, 0.5) is 11.4 Å². The molecule has 0 amide bonds. The fourth-order valence-corrected chi connectivity index (χ4v) is 2.27. The van der Waals surface area contributed by atoms with Crippen LogP contribution < -0.4 is 11.1 Å². The van der Waals surface area contributed by atoms with Gasteiger partial charge in [0.15, 0.2) is 11.3 Å². The van der Waals surface area contributed by atoms with E-state index in [0.717, 1.165) is 12.8 Å². The number of anilines is 1. The first-order valence-electron chi connectivity index (χ1n) is 7.59. The smallest absolute Gasteiger partial charge is 0.300 e. The van der Waals surface area contributed by atoms with E-state index < -0.39 is 11.0 Å². The Labute approximate surface area is 137 Å². The van der Waals surface area contributed by atoms with Gasteiger partial charge >= 0.3 is 5.69 Å². The molecule has 0 saturated carbocycles. The van der Waals surface area contributed by atoms with Crippen molar-refractivity contribution in [1.29, 1.82) is 0 Å². The third-order valence-electron chi connectivity index (χ3n) is 3.60. The second-order valence-electron chi connectivity index (χ2n) is 5.31. The highest BCUT2D eigenvalue weighted by Gasteiger charge is 2.19. The summed E-state index contributed by atoms with van der Waals surface area (Å²) in [6.07, 6.45) is 1.47. The summed E-state index contributed by atoms with van der Waals surface area (Å²) < 4.78 is 4.58. The maximum absolute atomic E-state index is 11.4. The molecule has 2 aromatic rings. The van der Waals surface area contributed by atoms with E-state index in [2.05, 4.69) is 20.3 Å². The number of benzene rings is 1. The van der Waals surface area contributed by atoms with Gasteiger partial charge in [0.05, 0.1) is 10.6 Å². The van der Waals surface area contributed by atoms with Crippen molar-refractivity contribution in [2.24, 2.45) is 5.73 Å². The van der Waals surface area contributed by atoms with Gasteiger partial charge in [0.25, 0.3) is 0 Å². The monoisotopic (exact) mass is 337 g/mol. The van der Waals surface area contributed by atoms with E-state index in [9.17, 15) is 20.0 Å². The highest BCUT2D eigenvalue weighted by Crippen LogP contribution is 2.28. The first kappa shape index (κ1) is 17.8. The van der Waals surface area contributed by atoms with Crippen molar-refractivity contribution in [2.75, 3.05) is 18.4 Å². The highest BCUT2D eigenvalue weighted by atomic mass is 16.6. The van der Waals surface area contributed by atoms with Gasteiger partial charge in [0.1, 0.15) is 6.10 Å². The molecule has 1 aromatic heterocycles. The van der Waals surface area contributed by atoms with Gasteiger partial charge in [-0.15, -0.1) is 0 Å². The molecule has 0 fully saturated rings. The molecular formula is C14H19N5O5. The molecule has 0 aliphatic heterocycles. The molecule has 24 heavy (non-hydrogen) atoms. The number of rotatable bonds is 10. The quantitative estimate of drug-likeness (QED) is 0.326. The SMILES string of the molecule is NCC(O)C(=O)CCCCCNc1ccc([N+](=O)[O-])c2nonc12. The molecule has 1 heterocycles. The van der Waals surface area contributed by atoms with E-state index in [1.165, 1.54) is 6.07 Å². The normalized spacial score (nSPS) is 12.2. The number of fused-ring (bicyclic) bond motifs is 1. The molecule has 0 spiro atoms. The predicted octanol–water partition coefficient (Wildman–Crippen LogP) is 0.992. The van der Waals surface area contributed by atoms with E-state index in [-0.39, 0.29) is 23.5 Å². The van der Waals surface area contributed by atoms with Crippen molar-refractivity contribution in [3.63, 3.8) is 0 Å². The van der Waals surface area contributed by atoms with E-state index in [0.29, 0.717) is 30.6 Å². The van der Waals surface area contributed by atoms with Gasteiger partial charge in [-0.25, -0.2) is 4.63 Å². The topological polar surface area (TPSA) is 157 Å². The van der Waals surface area contributed by atoms with Gasteiger partial charge in [-0.05, 0) is 29.2 Å². The molecule has 0 bridgehead atoms. The molecule has 0 aliphatic rings. The largest absolute Gasteiger partial charge is 0.384 e. The lowest BCUT2D eigenvalue weighted by molar-refractivity contribution is -0.383. The van der Waals surface area contributed by atoms with Gasteiger partial charge in [0, 0.05) is 25.6 Å². The van der Waals surface area contributed by atoms with Crippen LogP contribution in [0.15, 0.2) is 16.8 Å². The second-order valence-corrected chi connectivity index (χ2v) is 5.31. The van der Waals surface area contributed by atoms with Crippen LogP contribution in [-0.4, -0.2) is 45.3 Å². The van der Waals surface area contributed by atoms with Crippen molar-refractivity contribution < 1.29 is 19.5 Å². The number of hydrogen-bond acceptors (Lipinski definition) is 9. The van der Waals surface area contributed by atoms with E-state index in [1.54, 1.807) is 6.07 Å². The predicted molar refractivity (Wildman–Crippen MR) is 85.5 cm³/mol. The number of nitrogens with one attached hydrogen (secondary N) is 1. The molecule has 10 heteroatoms. The molecule has 2 rings (SSSR count). The third-order valence-corrected chi connectivity index (χ3v) is 3.60. The zero-order valence-corrected chi connectivity index (χ0v) is 13.0. The van der Waals surface area contributed by atoms with E-state index >= 15 is 0 Å². The van der Waals surface area contributed by atoms with Gasteiger partial charge in [-0.3, -0.25) is 14.9 Å². The molecule has 0 saturated heterocycles. The standard InChI is InChI=1S/C14H19N5O5/c15-8-12(21)11(20)4-2-1-3-7-16-9-5-6-10(19(22)23)14-13(9)17-24-18-14/h5-6,12,16,21H,1-4,7-8,15H2. The maximum atomic E-state index is 11.4. The van der Waals surface area contributed by atoms with Crippen LogP contribution in [0.2, 0.25) is 0 Å². The lowest BCUT2D eigenvalue weighted by Gasteiger charge is -2.07. The Morgan fingerprint density at radius 2 is 2.08 bits per heavy atom. The Bertz CT molecular complexity index is 717. The van der Waals surface area contributed by atoms with Crippen molar-refractivity contribution in [3.05, 3.63) is 22.2 Å². The van der Waals surface area contributed by atoms with Crippen LogP contribution in [-0.2, 0) is 4.79 Å². The number of nitrogens with two attached hydrogens (primary N) is 1. The summed E-state index contributed by atoms with van der Waals surface area (Å²) in [5.41, 5.74) is 6.07. The average Bonchev–Trinajstić information content (AvgIpc) is 3.06. The van der Waals surface area contributed by atoms with Gasteiger partial charge in [-0.1, -0.05) is 6.42 Å². The summed E-state index contributed by atoms with van der Waals surface area (Å²) in [5, 5.41) is 30.5. The Morgan fingerprint density at radius 1 is 1.33 bits per heavy atom. The van der Waals surface area contributed by atoms with Crippen LogP contribution in [0.1, 0.15) is 25.7 Å². The highest BCUT2D eigenvalue weighted by molar-refractivity contribution is 5.93. The Balaban J connectivity index is 1.80. The molecule has 0 radical (unpaired) electrons. The number of Topliss-reactive ketones (excluding diaryl/α,β-unsaturated/α-hetero) is 1. The van der Waals surface area contributed by atoms with Gasteiger partial charge in [-0.2, -0.15) is 0 Å². The van der Waals surface area contributed by atoms with Crippen molar-refractivity contribution >= 4 is 28.2 Å². The molecule has 4 N–H and O–H groups in total. The molecule has 1 atom stereocenters. The number of carbonyl (C=O) groups is 1. The zero-order chi connectivity index (χ0) is 17.5. The third kappa shape index (κ3) is 4.24. The second kappa shape index (κ2) is 8.31. The van der Waals surface area contributed by atoms with Crippen LogP contribution >= 0.6 is 0 Å². The van der Waals surface area contributed by atoms with Crippen LogP contribution in [0.3, 0.4) is 0 Å². The minimum Gasteiger partial charge on any atom is -0.384 e. The average molecular weight is 337 g/mol. The van der Waals surface area contributed by atoms with Gasteiger partial charge in [0.2, 0.25) is 5.52 Å². The molecule has 0 aliphatic carbocycles. The van der Waals surface area contributed by atoms with Crippen molar-refractivity contribution in [2.45, 2.75) is 31.8 Å². The summed E-state index contributed by atoms with van der Waals surface area (Å²) in [6, 6.07) is 2.91. The molecule has 1 aromatic carbocycles. The number of carbonyl (C=O) groups excluding carboxylic acids is 1. The number of nitrogens with zero attached hydrogens (tertiary/aromatic N) is 3. The van der Waals surface area contributed by atoms with Crippen LogP contribution in [0.5, 0.6) is 0 Å². The minimum absolute atomic E-state index is 0.0533. The number of aliphatic hydroxyl groups is 1. The fourth-order valence-electron chi connectivity index (χ4n) is 2.27. The lowest BCUT2D eigenvalue weighted by atomic mass is 10.1. The summed E-state index contributed by atoms with van der Waals surface area (Å²) in [6.45, 7) is 0.551. The number of ketones is 1. The number of nitro benzene ring substituents is 1. The Hall–Kier alpha value is -2.59. The number of aliphatic hydroxyl groups excluding tert-OH is 1.